The van der Waals surface area contributed by atoms with Crippen LogP contribution in [0.5, 0.6) is 6.08 Å². The van der Waals surface area contributed by atoms with E-state index in [0.717, 1.165) is 31.6 Å². The first kappa shape index (κ1) is 21.8. The van der Waals surface area contributed by atoms with Gasteiger partial charge in [-0.2, -0.15) is 4.98 Å². The maximum absolute atomic E-state index is 14.5. The van der Waals surface area contributed by atoms with E-state index in [4.69, 9.17) is 9.15 Å². The number of piperidine rings is 1. The van der Waals surface area contributed by atoms with Crippen LogP contribution in [0, 0.1) is 12.7 Å². The van der Waals surface area contributed by atoms with Crippen molar-refractivity contribution in [1.82, 2.24) is 19.7 Å². The van der Waals surface area contributed by atoms with Crippen molar-refractivity contribution < 1.29 is 18.3 Å². The van der Waals surface area contributed by atoms with Crippen LogP contribution >= 0.6 is 0 Å². The number of hydrogen-bond acceptors (Lipinski definition) is 7. The van der Waals surface area contributed by atoms with Gasteiger partial charge in [0.2, 0.25) is 0 Å². The molecular formula is C25H27FN6O3. The molecule has 0 radical (unpaired) electrons. The van der Waals surface area contributed by atoms with Crippen molar-refractivity contribution in [3.8, 4) is 6.08 Å². The number of nitrogens with zero attached hydrogens (tertiary/aromatic N) is 4. The van der Waals surface area contributed by atoms with Gasteiger partial charge < -0.3 is 29.1 Å². The van der Waals surface area contributed by atoms with Gasteiger partial charge in [-0.15, -0.1) is 0 Å². The van der Waals surface area contributed by atoms with Crippen molar-refractivity contribution in [3.63, 3.8) is 0 Å². The largest absolute Gasteiger partial charge is 0.453 e. The number of aromatic nitrogens is 3. The fraction of sp³-hybridized carbons (Fsp3) is 0.400. The Kier molecular flexibility index (Phi) is 5.32. The SMILES string of the molecule is COc1nc2c(N3CCC(NC4CC4)CC3)ccc(C(=O)Nc3cc(F)c4nc(C)cn4c3)c2o1. The number of ether oxygens (including phenoxy) is 1. The second-order valence-corrected chi connectivity index (χ2v) is 9.34. The lowest BCUT2D eigenvalue weighted by molar-refractivity contribution is 0.102. The van der Waals surface area contributed by atoms with Crippen LogP contribution in [0.15, 0.2) is 35.0 Å². The van der Waals surface area contributed by atoms with Gasteiger partial charge in [-0.1, -0.05) is 0 Å². The predicted octanol–water partition coefficient (Wildman–Crippen LogP) is 3.90. The average Bonchev–Trinajstić information content (AvgIpc) is 3.41. The van der Waals surface area contributed by atoms with E-state index in [1.165, 1.54) is 26.0 Å². The third-order valence-electron chi connectivity index (χ3n) is 6.69. The highest BCUT2D eigenvalue weighted by Gasteiger charge is 2.29. The molecule has 35 heavy (non-hydrogen) atoms. The van der Waals surface area contributed by atoms with E-state index in [-0.39, 0.29) is 11.7 Å². The molecule has 1 amide bonds. The average molecular weight is 479 g/mol. The molecular weight excluding hydrogens is 451 g/mol. The molecule has 0 atom stereocenters. The first-order valence-corrected chi connectivity index (χ1v) is 11.9. The predicted molar refractivity (Wildman–Crippen MR) is 130 cm³/mol. The molecule has 2 N–H and O–H groups in total. The Morgan fingerprint density at radius 1 is 1.14 bits per heavy atom. The third kappa shape index (κ3) is 4.18. The maximum atomic E-state index is 14.5. The summed E-state index contributed by atoms with van der Waals surface area (Å²) >= 11 is 0. The fourth-order valence-electron chi connectivity index (χ4n) is 4.81. The number of imidazole rings is 1. The number of anilines is 2. The molecule has 1 aliphatic carbocycles. The Balaban J connectivity index is 1.28. The summed E-state index contributed by atoms with van der Waals surface area (Å²) in [4.78, 5) is 24.1. The van der Waals surface area contributed by atoms with Gasteiger partial charge in [0.05, 0.1) is 29.7 Å². The van der Waals surface area contributed by atoms with Crippen LogP contribution in [0.4, 0.5) is 15.8 Å². The molecule has 10 heteroatoms. The molecule has 1 saturated heterocycles. The Morgan fingerprint density at radius 2 is 1.91 bits per heavy atom. The van der Waals surface area contributed by atoms with Crippen molar-refractivity contribution in [1.29, 1.82) is 0 Å². The van der Waals surface area contributed by atoms with E-state index in [1.54, 1.807) is 29.8 Å². The highest BCUT2D eigenvalue weighted by atomic mass is 19.1. The van der Waals surface area contributed by atoms with Gasteiger partial charge in [0.1, 0.15) is 5.52 Å². The Morgan fingerprint density at radius 3 is 2.66 bits per heavy atom. The van der Waals surface area contributed by atoms with Crippen LogP contribution < -0.4 is 20.3 Å². The van der Waals surface area contributed by atoms with E-state index < -0.39 is 11.7 Å². The number of rotatable bonds is 6. The number of carbonyl (C=O) groups is 1. The van der Waals surface area contributed by atoms with E-state index in [9.17, 15) is 9.18 Å². The molecule has 4 heterocycles. The monoisotopic (exact) mass is 478 g/mol. The zero-order chi connectivity index (χ0) is 24.1. The Hall–Kier alpha value is -3.66. The molecule has 2 aliphatic rings. The minimum Gasteiger partial charge on any atom is -0.453 e. The summed E-state index contributed by atoms with van der Waals surface area (Å²) in [5, 5.41) is 6.48. The summed E-state index contributed by atoms with van der Waals surface area (Å²) in [6.45, 7) is 3.57. The van der Waals surface area contributed by atoms with E-state index >= 15 is 0 Å². The lowest BCUT2D eigenvalue weighted by Gasteiger charge is -2.34. The second-order valence-electron chi connectivity index (χ2n) is 9.34. The zero-order valence-electron chi connectivity index (χ0n) is 19.7. The van der Waals surface area contributed by atoms with Crippen LogP contribution in [0.3, 0.4) is 0 Å². The molecule has 6 rings (SSSR count). The number of nitrogens with one attached hydrogen (secondary N) is 2. The summed E-state index contributed by atoms with van der Waals surface area (Å²) in [5.41, 5.74) is 3.34. The van der Waals surface area contributed by atoms with Crippen molar-refractivity contribution in [2.24, 2.45) is 0 Å². The van der Waals surface area contributed by atoms with E-state index in [2.05, 4.69) is 25.5 Å². The smallest absolute Gasteiger partial charge is 0.394 e. The summed E-state index contributed by atoms with van der Waals surface area (Å²) in [6.07, 6.45) is 8.09. The lowest BCUT2D eigenvalue weighted by atomic mass is 10.0. The van der Waals surface area contributed by atoms with Crippen LogP contribution in [0.2, 0.25) is 0 Å². The van der Waals surface area contributed by atoms with Crippen molar-refractivity contribution in [2.75, 3.05) is 30.4 Å². The first-order valence-electron chi connectivity index (χ1n) is 11.9. The number of fused-ring (bicyclic) bond motifs is 2. The topological polar surface area (TPSA) is 96.9 Å². The molecule has 182 valence electrons. The molecule has 1 saturated carbocycles. The summed E-state index contributed by atoms with van der Waals surface area (Å²) < 4.78 is 27.1. The molecule has 2 fully saturated rings. The quantitative estimate of drug-likeness (QED) is 0.434. The third-order valence-corrected chi connectivity index (χ3v) is 6.69. The van der Waals surface area contributed by atoms with Crippen LogP contribution in [-0.2, 0) is 0 Å². The number of hydrogen-bond donors (Lipinski definition) is 2. The van der Waals surface area contributed by atoms with Gasteiger partial charge in [0, 0.05) is 43.6 Å². The number of halogens is 1. The van der Waals surface area contributed by atoms with Gasteiger partial charge in [-0.3, -0.25) is 4.79 Å². The second kappa shape index (κ2) is 8.53. The number of aryl methyl sites for hydroxylation is 1. The maximum Gasteiger partial charge on any atom is 0.394 e. The molecule has 1 aliphatic heterocycles. The number of oxazole rings is 1. The van der Waals surface area contributed by atoms with Crippen LogP contribution in [-0.4, -0.2) is 52.6 Å². The van der Waals surface area contributed by atoms with Gasteiger partial charge >= 0.3 is 6.08 Å². The standard InChI is InChI=1S/C25H27FN6O3/c1-14-12-32-13-17(11-19(26)23(32)27-14)29-24(33)18-5-6-20(21-22(18)35-25(30-21)34-2)31-9-7-16(8-10-31)28-15-3-4-15/h5-6,11-13,15-16,28H,3-4,7-10H2,1-2H3,(H,29,33). The van der Waals surface area contributed by atoms with Crippen LogP contribution in [0.25, 0.3) is 16.7 Å². The molecule has 1 aromatic carbocycles. The van der Waals surface area contributed by atoms with Gasteiger partial charge in [0.15, 0.2) is 17.0 Å². The molecule has 9 nitrogen and oxygen atoms in total. The number of methoxy groups -OCH3 is 1. The Labute approximate surface area is 201 Å². The molecule has 0 bridgehead atoms. The van der Waals surface area contributed by atoms with Gasteiger partial charge in [-0.25, -0.2) is 9.37 Å². The van der Waals surface area contributed by atoms with Crippen molar-refractivity contribution in [3.05, 3.63) is 47.7 Å². The highest BCUT2D eigenvalue weighted by Crippen LogP contribution is 2.34. The Bertz CT molecular complexity index is 1420. The molecule has 0 unspecified atom stereocenters. The van der Waals surface area contributed by atoms with E-state index in [1.807, 2.05) is 6.07 Å². The first-order chi connectivity index (χ1) is 17.0. The fourth-order valence-corrected chi connectivity index (χ4v) is 4.81. The zero-order valence-corrected chi connectivity index (χ0v) is 19.7. The van der Waals surface area contributed by atoms with Gasteiger partial charge in [-0.05, 0) is 44.7 Å². The molecule has 0 spiro atoms. The summed E-state index contributed by atoms with van der Waals surface area (Å²) in [7, 11) is 1.48. The van der Waals surface area contributed by atoms with Crippen molar-refractivity contribution in [2.45, 2.75) is 44.7 Å². The minimum absolute atomic E-state index is 0.0909. The number of benzene rings is 1. The number of amides is 1. The highest BCUT2D eigenvalue weighted by molar-refractivity contribution is 6.12. The normalized spacial score (nSPS) is 16.8. The minimum atomic E-state index is -0.516. The number of pyridine rings is 1. The van der Waals surface area contributed by atoms with Crippen molar-refractivity contribution >= 4 is 34.0 Å². The molecule has 3 aromatic heterocycles. The number of carbonyl (C=O) groups excluding carboxylic acids is 1. The summed E-state index contributed by atoms with van der Waals surface area (Å²) in [5.74, 6) is -0.944. The van der Waals surface area contributed by atoms with Gasteiger partial charge in [0.25, 0.3) is 5.91 Å². The summed E-state index contributed by atoms with van der Waals surface area (Å²) in [6, 6.07) is 6.12. The van der Waals surface area contributed by atoms with Crippen LogP contribution in [0.1, 0.15) is 41.7 Å². The molecule has 4 aromatic rings. The lowest BCUT2D eigenvalue weighted by Crippen LogP contribution is -2.43. The van der Waals surface area contributed by atoms with E-state index in [0.29, 0.717) is 40.1 Å².